The lowest BCUT2D eigenvalue weighted by Crippen LogP contribution is -2.03. The number of nitrogens with one attached hydrogen (secondary N) is 1. The van der Waals surface area contributed by atoms with E-state index < -0.39 is 0 Å². The average molecular weight is 191 g/mol. The number of likely N-dealkylation sites (N-methyl/N-ethyl adjacent to an activating group) is 1. The Balaban J connectivity index is 2.57. The largest absolute Gasteiger partial charge is 0.496 e. The van der Waals surface area contributed by atoms with E-state index in [0.29, 0.717) is 0 Å². The van der Waals surface area contributed by atoms with Crippen LogP contribution in [0.15, 0.2) is 36.4 Å². The Morgan fingerprint density at radius 1 is 1.29 bits per heavy atom. The van der Waals surface area contributed by atoms with E-state index in [4.69, 9.17) is 4.74 Å². The number of methoxy groups -OCH3 is 1. The van der Waals surface area contributed by atoms with Crippen molar-refractivity contribution in [3.8, 4) is 5.75 Å². The van der Waals surface area contributed by atoms with Gasteiger partial charge in [0.2, 0.25) is 0 Å². The molecule has 0 aliphatic carbocycles. The number of allylic oxidation sites excluding steroid dienone is 1. The highest BCUT2D eigenvalue weighted by atomic mass is 16.5. The molecule has 0 bridgehead atoms. The summed E-state index contributed by atoms with van der Waals surface area (Å²) in [4.78, 5) is 0. The van der Waals surface area contributed by atoms with Crippen molar-refractivity contribution >= 4 is 0 Å². The molecule has 0 saturated heterocycles. The van der Waals surface area contributed by atoms with Crippen molar-refractivity contribution in [3.63, 3.8) is 0 Å². The molecule has 0 saturated carbocycles. The summed E-state index contributed by atoms with van der Waals surface area (Å²) >= 11 is 0. The fourth-order valence-corrected chi connectivity index (χ4v) is 1.28. The van der Waals surface area contributed by atoms with Gasteiger partial charge < -0.3 is 10.1 Å². The standard InChI is InChI=1S/C12H17NO/c1-13-10-6-5-8-11-7-3-4-9-12(11)14-2/h3-7,9,13H,8,10H2,1-2H3/b6-5-. The zero-order valence-corrected chi connectivity index (χ0v) is 8.79. The number of rotatable bonds is 5. The minimum absolute atomic E-state index is 0.912. The molecule has 1 aromatic rings. The normalized spacial score (nSPS) is 10.7. The van der Waals surface area contributed by atoms with Gasteiger partial charge >= 0.3 is 0 Å². The summed E-state index contributed by atoms with van der Waals surface area (Å²) in [6.07, 6.45) is 5.19. The topological polar surface area (TPSA) is 21.3 Å². The molecule has 1 aromatic carbocycles. The Kier molecular flexibility index (Phi) is 4.79. The van der Waals surface area contributed by atoms with Crippen molar-refractivity contribution in [1.29, 1.82) is 0 Å². The molecule has 0 aliphatic heterocycles. The van der Waals surface area contributed by atoms with Gasteiger partial charge in [0, 0.05) is 6.54 Å². The van der Waals surface area contributed by atoms with E-state index >= 15 is 0 Å². The summed E-state index contributed by atoms with van der Waals surface area (Å²) in [7, 11) is 3.64. The Hall–Kier alpha value is -1.28. The molecule has 1 rings (SSSR count). The molecular formula is C12H17NO. The van der Waals surface area contributed by atoms with Gasteiger partial charge in [0.15, 0.2) is 0 Å². The molecule has 76 valence electrons. The molecule has 0 radical (unpaired) electrons. The van der Waals surface area contributed by atoms with Crippen molar-refractivity contribution in [2.45, 2.75) is 6.42 Å². The Labute approximate surface area is 85.6 Å². The maximum Gasteiger partial charge on any atom is 0.122 e. The Morgan fingerprint density at radius 2 is 2.07 bits per heavy atom. The van der Waals surface area contributed by atoms with Gasteiger partial charge in [-0.05, 0) is 25.1 Å². The second-order valence-corrected chi connectivity index (χ2v) is 3.05. The van der Waals surface area contributed by atoms with Crippen LogP contribution in [0.25, 0.3) is 0 Å². The van der Waals surface area contributed by atoms with Crippen LogP contribution in [0.5, 0.6) is 5.75 Å². The van der Waals surface area contributed by atoms with Crippen LogP contribution in [0.3, 0.4) is 0 Å². The first-order valence-corrected chi connectivity index (χ1v) is 4.80. The minimum atomic E-state index is 0.912. The molecule has 0 spiro atoms. The summed E-state index contributed by atoms with van der Waals surface area (Å²) in [5.41, 5.74) is 1.22. The van der Waals surface area contributed by atoms with Gasteiger partial charge in [-0.3, -0.25) is 0 Å². The van der Waals surface area contributed by atoms with Gasteiger partial charge in [0.25, 0.3) is 0 Å². The van der Waals surface area contributed by atoms with Gasteiger partial charge in [0.05, 0.1) is 7.11 Å². The molecule has 0 amide bonds. The van der Waals surface area contributed by atoms with Gasteiger partial charge in [-0.1, -0.05) is 30.4 Å². The molecule has 2 nitrogen and oxygen atoms in total. The zero-order chi connectivity index (χ0) is 10.2. The van der Waals surface area contributed by atoms with Crippen LogP contribution in [-0.4, -0.2) is 20.7 Å². The molecule has 0 unspecified atom stereocenters. The Morgan fingerprint density at radius 3 is 2.79 bits per heavy atom. The molecule has 14 heavy (non-hydrogen) atoms. The first-order valence-electron chi connectivity index (χ1n) is 4.80. The second kappa shape index (κ2) is 6.22. The van der Waals surface area contributed by atoms with Crippen molar-refractivity contribution in [3.05, 3.63) is 42.0 Å². The van der Waals surface area contributed by atoms with Crippen LogP contribution in [-0.2, 0) is 6.42 Å². The fraction of sp³-hybridized carbons (Fsp3) is 0.333. The average Bonchev–Trinajstić information content (AvgIpc) is 2.25. The van der Waals surface area contributed by atoms with E-state index in [0.717, 1.165) is 18.7 Å². The van der Waals surface area contributed by atoms with E-state index in [9.17, 15) is 0 Å². The van der Waals surface area contributed by atoms with Crippen molar-refractivity contribution in [1.82, 2.24) is 5.32 Å². The highest BCUT2D eigenvalue weighted by Gasteiger charge is 1.97. The van der Waals surface area contributed by atoms with E-state index in [1.54, 1.807) is 7.11 Å². The van der Waals surface area contributed by atoms with Crippen LogP contribution in [0.2, 0.25) is 0 Å². The minimum Gasteiger partial charge on any atom is -0.496 e. The van der Waals surface area contributed by atoms with Gasteiger partial charge in [0.1, 0.15) is 5.75 Å². The predicted octanol–water partition coefficient (Wildman–Crippen LogP) is 2.01. The molecule has 1 N–H and O–H groups in total. The lowest BCUT2D eigenvalue weighted by molar-refractivity contribution is 0.410. The Bertz CT molecular complexity index is 294. The zero-order valence-electron chi connectivity index (χ0n) is 8.79. The summed E-state index contributed by atoms with van der Waals surface area (Å²) < 4.78 is 5.25. The number of para-hydroxylation sites is 1. The second-order valence-electron chi connectivity index (χ2n) is 3.05. The summed E-state index contributed by atoms with van der Waals surface area (Å²) in [6.45, 7) is 0.912. The van der Waals surface area contributed by atoms with Crippen molar-refractivity contribution in [2.75, 3.05) is 20.7 Å². The van der Waals surface area contributed by atoms with Crippen LogP contribution in [0.4, 0.5) is 0 Å². The van der Waals surface area contributed by atoms with E-state index in [1.165, 1.54) is 5.56 Å². The maximum atomic E-state index is 5.25. The lowest BCUT2D eigenvalue weighted by atomic mass is 10.1. The van der Waals surface area contributed by atoms with Gasteiger partial charge in [-0.15, -0.1) is 0 Å². The number of ether oxygens (including phenoxy) is 1. The molecule has 0 aromatic heterocycles. The van der Waals surface area contributed by atoms with E-state index in [-0.39, 0.29) is 0 Å². The third-order valence-corrected chi connectivity index (χ3v) is 2.02. The first-order chi connectivity index (χ1) is 6.88. The smallest absolute Gasteiger partial charge is 0.122 e. The fourth-order valence-electron chi connectivity index (χ4n) is 1.28. The quantitative estimate of drug-likeness (QED) is 0.719. The molecule has 0 aliphatic rings. The monoisotopic (exact) mass is 191 g/mol. The van der Waals surface area contributed by atoms with Crippen LogP contribution < -0.4 is 10.1 Å². The summed E-state index contributed by atoms with van der Waals surface area (Å²) in [5, 5.41) is 3.06. The van der Waals surface area contributed by atoms with Gasteiger partial charge in [-0.2, -0.15) is 0 Å². The lowest BCUT2D eigenvalue weighted by Gasteiger charge is -2.04. The first kappa shape index (κ1) is 10.8. The number of hydrogen-bond acceptors (Lipinski definition) is 2. The molecule has 2 heteroatoms. The molecule has 0 atom stereocenters. The highest BCUT2D eigenvalue weighted by molar-refractivity contribution is 5.34. The van der Waals surface area contributed by atoms with Crippen molar-refractivity contribution < 1.29 is 4.74 Å². The van der Waals surface area contributed by atoms with Gasteiger partial charge in [-0.25, -0.2) is 0 Å². The molecule has 0 heterocycles. The SMILES string of the molecule is CNC/C=C\Cc1ccccc1OC. The third-order valence-electron chi connectivity index (χ3n) is 2.02. The number of benzene rings is 1. The third kappa shape index (κ3) is 3.23. The van der Waals surface area contributed by atoms with E-state index in [1.807, 2.05) is 25.2 Å². The van der Waals surface area contributed by atoms with Crippen molar-refractivity contribution in [2.24, 2.45) is 0 Å². The predicted molar refractivity (Wildman–Crippen MR) is 59.8 cm³/mol. The number of hydrogen-bond donors (Lipinski definition) is 1. The van der Waals surface area contributed by atoms with Crippen LogP contribution >= 0.6 is 0 Å². The molecule has 0 fully saturated rings. The van der Waals surface area contributed by atoms with Crippen LogP contribution in [0.1, 0.15) is 5.56 Å². The summed E-state index contributed by atoms with van der Waals surface area (Å²) in [6, 6.07) is 8.09. The highest BCUT2D eigenvalue weighted by Crippen LogP contribution is 2.17. The summed E-state index contributed by atoms with van der Waals surface area (Å²) in [5.74, 6) is 0.960. The maximum absolute atomic E-state index is 5.25. The van der Waals surface area contributed by atoms with E-state index in [2.05, 4.69) is 23.5 Å². The van der Waals surface area contributed by atoms with Crippen LogP contribution in [0, 0.1) is 0 Å². The molecular weight excluding hydrogens is 174 g/mol.